The van der Waals surface area contributed by atoms with Gasteiger partial charge in [-0.15, -0.1) is 0 Å². The number of hydrogen-bond donors (Lipinski definition) is 2. The number of amides is 1. The molecule has 4 nitrogen and oxygen atoms in total. The molecule has 250 valence electrons. The first-order valence-corrected chi connectivity index (χ1v) is 24.5. The second kappa shape index (κ2) is 18.6. The van der Waals surface area contributed by atoms with E-state index in [9.17, 15) is 9.59 Å². The van der Waals surface area contributed by atoms with Gasteiger partial charge in [0.1, 0.15) is 18.5 Å². The van der Waals surface area contributed by atoms with Gasteiger partial charge >= 0.3 is 35.3 Å². The Morgan fingerprint density at radius 3 is 1.69 bits per heavy atom. The van der Waals surface area contributed by atoms with Gasteiger partial charge in [-0.25, -0.2) is 0 Å². The summed E-state index contributed by atoms with van der Waals surface area (Å²) in [5.41, 5.74) is 1.50. The fraction of sp³-hybridized carbons (Fsp3) is 0.128. The average molecular weight is 897 g/mol. The predicted molar refractivity (Wildman–Crippen MR) is 211 cm³/mol. The van der Waals surface area contributed by atoms with Crippen molar-refractivity contribution < 1.29 is 21.3 Å². The van der Waals surface area contributed by atoms with Crippen molar-refractivity contribution in [3.05, 3.63) is 156 Å². The predicted octanol–water partition coefficient (Wildman–Crippen LogP) is 7.86. The minimum atomic E-state index is -1.25. The molecule has 0 radical (unpaired) electrons. The van der Waals surface area contributed by atoms with Crippen molar-refractivity contribution in [2.45, 2.75) is 20.8 Å². The number of fused-ring (bicyclic) bond motifs is 1. The number of pyridine rings is 1. The molecule has 0 saturated carbocycles. The maximum atomic E-state index is 12.5. The molecule has 2 N–H and O–H groups in total. The number of hydrogen-bond acceptors (Lipinski definition) is 2. The molecule has 0 spiro atoms. The number of H-pyrrole nitrogens is 1. The second-order valence-corrected chi connectivity index (χ2v) is 20.2. The Morgan fingerprint density at radius 2 is 1.15 bits per heavy atom. The number of aromatic amines is 1. The first-order chi connectivity index (χ1) is 23.1. The Bertz CT molecular complexity index is 1920. The van der Waals surface area contributed by atoms with E-state index >= 15 is 0 Å². The van der Waals surface area contributed by atoms with Gasteiger partial charge in [0, 0.05) is 28.6 Å². The summed E-state index contributed by atoms with van der Waals surface area (Å²) in [6.45, 7) is 8.05. The van der Waals surface area contributed by atoms with Crippen LogP contribution in [-0.2, 0) is 21.3 Å². The Morgan fingerprint density at radius 1 is 0.667 bits per heavy atom. The molecule has 6 rings (SSSR count). The van der Waals surface area contributed by atoms with Crippen LogP contribution in [0.2, 0.25) is 0 Å². The molecule has 0 aliphatic rings. The molecule has 0 saturated heterocycles. The number of rotatable bonds is 6. The quantitative estimate of drug-likeness (QED) is 0.168. The monoisotopic (exact) mass is 895 g/mol. The summed E-state index contributed by atoms with van der Waals surface area (Å²) in [4.78, 5) is 27.7. The molecule has 1 aromatic heterocycles. The van der Waals surface area contributed by atoms with Crippen LogP contribution >= 0.6 is 34.7 Å². The van der Waals surface area contributed by atoms with E-state index in [-0.39, 0.29) is 16.9 Å². The number of aromatic nitrogens is 1. The number of carbonyl (C=O) groups excluding carboxylic acids is 1. The van der Waals surface area contributed by atoms with Crippen LogP contribution in [0.4, 0.5) is 5.69 Å². The van der Waals surface area contributed by atoms with Crippen LogP contribution in [0, 0.1) is 5.41 Å². The van der Waals surface area contributed by atoms with E-state index in [0.717, 1.165) is 21.9 Å². The molecule has 1 heterocycles. The van der Waals surface area contributed by atoms with Crippen LogP contribution in [0.25, 0.3) is 10.8 Å². The van der Waals surface area contributed by atoms with Gasteiger partial charge in [-0.05, 0) is 60.0 Å². The summed E-state index contributed by atoms with van der Waals surface area (Å²) in [6, 6.07) is 49.5. The topological polar surface area (TPSA) is 62.0 Å². The molecule has 0 bridgehead atoms. The third-order valence-electron chi connectivity index (χ3n) is 7.59. The summed E-state index contributed by atoms with van der Waals surface area (Å²) in [7, 11) is 7.72. The molecule has 48 heavy (non-hydrogen) atoms. The van der Waals surface area contributed by atoms with Crippen LogP contribution in [0.1, 0.15) is 20.8 Å². The van der Waals surface area contributed by atoms with Crippen LogP contribution in [-0.4, -0.2) is 17.6 Å². The summed E-state index contributed by atoms with van der Waals surface area (Å²) >= 11 is -0.472. The normalized spacial score (nSPS) is 11.6. The Labute approximate surface area is 302 Å². The van der Waals surface area contributed by atoms with Crippen LogP contribution in [0.15, 0.2) is 150 Å². The van der Waals surface area contributed by atoms with Gasteiger partial charge < -0.3 is 5.32 Å². The van der Waals surface area contributed by atoms with Crippen molar-refractivity contribution in [3.8, 4) is 0 Å². The zero-order valence-corrected chi connectivity index (χ0v) is 33.0. The molecule has 0 fully saturated rings. The van der Waals surface area contributed by atoms with Gasteiger partial charge in [0.25, 0.3) is 5.56 Å². The molecule has 6 aromatic rings. The van der Waals surface area contributed by atoms with E-state index in [1.807, 2.05) is 75.4 Å². The van der Waals surface area contributed by atoms with Gasteiger partial charge in [0.05, 0.1) is 25.2 Å². The van der Waals surface area contributed by atoms with Gasteiger partial charge in [-0.2, -0.15) is 0 Å². The molecular weight excluding hydrogens is 856 g/mol. The van der Waals surface area contributed by atoms with E-state index in [2.05, 4.69) is 108 Å². The number of carbonyl (C=O) groups is 1. The maximum absolute atomic E-state index is 12.5. The Kier molecular flexibility index (Phi) is 14.6. The van der Waals surface area contributed by atoms with Gasteiger partial charge in [-0.3, -0.25) is 14.6 Å². The van der Waals surface area contributed by atoms with Gasteiger partial charge in [0.15, 0.2) is 5.44 Å². The van der Waals surface area contributed by atoms with Crippen LogP contribution in [0.5, 0.6) is 0 Å². The molecule has 5 aromatic carbocycles. The molecule has 0 aliphatic carbocycles. The first-order valence-electron chi connectivity index (χ1n) is 15.4. The molecule has 1 amide bonds. The second-order valence-electron chi connectivity index (χ2n) is 12.0. The standard InChI is InChI=1S/C21H16NOP.C18H22NOP.2ClH.Pt/c23-21-19-14-8-7-9-16(19)15-20(22-21)24(17-10-3-1-4-11-17)18-12-5-2-6-13-18;1-18(2,3)17(20)19-14-9-8-12-16(13-14)21(4)15-10-6-5-7-11-15;;;/h1-15H,(H,22,23);5-13H,1-4H3,(H,19,20);2*1H;/q;;;;+2. The molecular formula is C39H40Cl2N2O2P2Pt+2. The zero-order valence-electron chi connectivity index (χ0n) is 27.2. The van der Waals surface area contributed by atoms with E-state index in [4.69, 9.17) is 18.8 Å². The minimum absolute atomic E-state index is 0.0162. The number of nitrogens with one attached hydrogen (secondary N) is 2. The molecule has 1 atom stereocenters. The van der Waals surface area contributed by atoms with Crippen molar-refractivity contribution in [2.75, 3.05) is 12.0 Å². The molecule has 0 aliphatic heterocycles. The van der Waals surface area contributed by atoms with Crippen molar-refractivity contribution >= 4 is 83.7 Å². The third-order valence-corrected chi connectivity index (χ3v) is 12.6. The van der Waals surface area contributed by atoms with E-state index in [0.29, 0.717) is 0 Å². The Hall–Kier alpha value is -3.09. The van der Waals surface area contributed by atoms with Crippen molar-refractivity contribution in [1.29, 1.82) is 0 Å². The van der Waals surface area contributed by atoms with Gasteiger partial charge in [0.2, 0.25) is 5.91 Å². The van der Waals surface area contributed by atoms with E-state index in [1.54, 1.807) is 0 Å². The summed E-state index contributed by atoms with van der Waals surface area (Å²) in [5, 5.41) is 9.94. The summed E-state index contributed by atoms with van der Waals surface area (Å²) in [5.74, 6) is 0.0456. The van der Waals surface area contributed by atoms with Crippen LogP contribution < -0.4 is 37.5 Å². The van der Waals surface area contributed by atoms with Crippen molar-refractivity contribution in [3.63, 3.8) is 0 Å². The molecule has 9 heteroatoms. The Balaban J connectivity index is 0.000000202. The van der Waals surface area contributed by atoms with E-state index in [1.165, 1.54) is 21.2 Å². The fourth-order valence-corrected chi connectivity index (χ4v) is 9.33. The summed E-state index contributed by atoms with van der Waals surface area (Å²) < 4.78 is 0. The first kappa shape index (κ1) is 37.7. The van der Waals surface area contributed by atoms with Crippen molar-refractivity contribution in [1.82, 2.24) is 4.98 Å². The number of halogens is 2. The van der Waals surface area contributed by atoms with E-state index < -0.39 is 32.3 Å². The zero-order chi connectivity index (χ0) is 34.5. The van der Waals surface area contributed by atoms with Gasteiger partial charge in [-0.1, -0.05) is 99.6 Å². The fourth-order valence-electron chi connectivity index (χ4n) is 5.04. The van der Waals surface area contributed by atoms with Crippen molar-refractivity contribution in [2.24, 2.45) is 5.41 Å². The SMILES string of the molecule is C[PH+](c1ccccc1)c1cccc(NC(=O)C(C)(C)C)c1.O=c1[nH]c([PH+](c2ccccc2)c2ccccc2)cc2ccccc12.[Cl][Pt][Cl]. The van der Waals surface area contributed by atoms with Crippen LogP contribution in [0.3, 0.4) is 0 Å². The average Bonchev–Trinajstić information content (AvgIpc) is 3.10. The summed E-state index contributed by atoms with van der Waals surface area (Å²) in [6.07, 6.45) is 0. The molecule has 1 unspecified atom stereocenters. The number of benzene rings is 5. The number of anilines is 1. The third kappa shape index (κ3) is 10.7.